The molecule has 31 heavy (non-hydrogen) atoms. The van der Waals surface area contributed by atoms with Crippen LogP contribution in [0.1, 0.15) is 20.7 Å². The number of rotatable bonds is 4. The van der Waals surface area contributed by atoms with Crippen LogP contribution in [0.2, 0.25) is 0 Å². The molecule has 1 aliphatic heterocycles. The SMILES string of the molecule is Cn1cc(C(=O)N2CCN(c3ccc(C(N)=O)cc3)CC2)c(-c2ccc(F)cc2F)n1. The molecule has 0 saturated carbocycles. The van der Waals surface area contributed by atoms with Crippen LogP contribution < -0.4 is 10.6 Å². The molecule has 0 unspecified atom stereocenters. The van der Waals surface area contributed by atoms with Gasteiger partial charge in [0.2, 0.25) is 5.91 Å². The molecule has 1 saturated heterocycles. The first kappa shape index (κ1) is 20.5. The number of anilines is 1. The number of amides is 2. The number of aromatic nitrogens is 2. The van der Waals surface area contributed by atoms with Crippen molar-refractivity contribution in [1.82, 2.24) is 14.7 Å². The standard InChI is InChI=1S/C22H21F2N5O2/c1-27-13-18(20(26-27)17-7-4-15(23)12-19(17)24)22(31)29-10-8-28(9-11-29)16-5-2-14(3-6-16)21(25)30/h2-7,12-13H,8-11H2,1H3,(H2,25,30). The fourth-order valence-corrected chi connectivity index (χ4v) is 3.70. The van der Waals surface area contributed by atoms with E-state index in [1.807, 2.05) is 12.1 Å². The average Bonchev–Trinajstić information content (AvgIpc) is 3.14. The van der Waals surface area contributed by atoms with Crippen LogP contribution in [0.15, 0.2) is 48.7 Å². The Bertz CT molecular complexity index is 1140. The molecule has 2 N–H and O–H groups in total. The van der Waals surface area contributed by atoms with E-state index in [1.165, 1.54) is 10.7 Å². The molecule has 2 heterocycles. The van der Waals surface area contributed by atoms with Gasteiger partial charge in [0.1, 0.15) is 17.3 Å². The molecule has 0 bridgehead atoms. The molecule has 0 radical (unpaired) electrons. The highest BCUT2D eigenvalue weighted by Crippen LogP contribution is 2.27. The van der Waals surface area contributed by atoms with Crippen LogP contribution in [-0.4, -0.2) is 52.7 Å². The largest absolute Gasteiger partial charge is 0.368 e. The van der Waals surface area contributed by atoms with E-state index in [2.05, 4.69) is 10.00 Å². The number of carbonyl (C=O) groups excluding carboxylic acids is 2. The number of benzene rings is 2. The van der Waals surface area contributed by atoms with Crippen molar-refractivity contribution < 1.29 is 18.4 Å². The Morgan fingerprint density at radius 2 is 1.68 bits per heavy atom. The maximum Gasteiger partial charge on any atom is 0.257 e. The second-order valence-corrected chi connectivity index (χ2v) is 7.38. The van der Waals surface area contributed by atoms with Gasteiger partial charge in [-0.2, -0.15) is 5.10 Å². The number of hydrogen-bond donors (Lipinski definition) is 1. The van der Waals surface area contributed by atoms with E-state index < -0.39 is 17.5 Å². The molecule has 2 aromatic carbocycles. The number of carbonyl (C=O) groups is 2. The first-order valence-electron chi connectivity index (χ1n) is 9.76. The minimum Gasteiger partial charge on any atom is -0.368 e. The van der Waals surface area contributed by atoms with Gasteiger partial charge in [-0.05, 0) is 36.4 Å². The van der Waals surface area contributed by atoms with E-state index in [4.69, 9.17) is 5.73 Å². The predicted octanol–water partition coefficient (Wildman–Crippen LogP) is 2.43. The van der Waals surface area contributed by atoms with Gasteiger partial charge in [0.05, 0.1) is 5.56 Å². The van der Waals surface area contributed by atoms with Crippen molar-refractivity contribution in [3.63, 3.8) is 0 Å². The highest BCUT2D eigenvalue weighted by atomic mass is 19.1. The molecular weight excluding hydrogens is 404 g/mol. The minimum atomic E-state index is -0.767. The molecule has 9 heteroatoms. The Balaban J connectivity index is 1.50. The lowest BCUT2D eigenvalue weighted by Crippen LogP contribution is -2.48. The summed E-state index contributed by atoms with van der Waals surface area (Å²) >= 11 is 0. The summed E-state index contributed by atoms with van der Waals surface area (Å²) in [5.41, 5.74) is 7.20. The lowest BCUT2D eigenvalue weighted by molar-refractivity contribution is 0.0747. The number of nitrogens with zero attached hydrogens (tertiary/aromatic N) is 4. The van der Waals surface area contributed by atoms with Gasteiger partial charge in [-0.15, -0.1) is 0 Å². The average molecular weight is 425 g/mol. The summed E-state index contributed by atoms with van der Waals surface area (Å²) in [7, 11) is 1.65. The van der Waals surface area contributed by atoms with Gasteiger partial charge in [-0.25, -0.2) is 8.78 Å². The van der Waals surface area contributed by atoms with Gasteiger partial charge in [-0.1, -0.05) is 0 Å². The van der Waals surface area contributed by atoms with Crippen LogP contribution >= 0.6 is 0 Å². The highest BCUT2D eigenvalue weighted by Gasteiger charge is 2.27. The van der Waals surface area contributed by atoms with Crippen molar-refractivity contribution >= 4 is 17.5 Å². The molecule has 160 valence electrons. The Labute approximate surface area is 177 Å². The smallest absolute Gasteiger partial charge is 0.257 e. The second-order valence-electron chi connectivity index (χ2n) is 7.38. The highest BCUT2D eigenvalue weighted by molar-refractivity contribution is 6.00. The number of nitrogens with two attached hydrogens (primary N) is 1. The molecule has 0 atom stereocenters. The molecule has 0 aliphatic carbocycles. The Hall–Kier alpha value is -3.75. The summed E-state index contributed by atoms with van der Waals surface area (Å²) in [6, 6.07) is 10.2. The Kier molecular flexibility index (Phi) is 5.41. The molecule has 1 aromatic heterocycles. The number of aryl methyl sites for hydroxylation is 1. The molecule has 1 fully saturated rings. The number of piperazine rings is 1. The first-order valence-corrected chi connectivity index (χ1v) is 9.76. The maximum absolute atomic E-state index is 14.3. The fraction of sp³-hybridized carbons (Fsp3) is 0.227. The molecule has 7 nitrogen and oxygen atoms in total. The molecule has 2 amide bonds. The van der Waals surface area contributed by atoms with E-state index in [-0.39, 0.29) is 22.7 Å². The summed E-state index contributed by atoms with van der Waals surface area (Å²) in [6.45, 7) is 2.14. The molecular formula is C22H21F2N5O2. The lowest BCUT2D eigenvalue weighted by atomic mass is 10.1. The second kappa shape index (κ2) is 8.17. The summed E-state index contributed by atoms with van der Waals surface area (Å²) in [6.07, 6.45) is 1.55. The third-order valence-corrected chi connectivity index (χ3v) is 5.33. The zero-order chi connectivity index (χ0) is 22.1. The van der Waals surface area contributed by atoms with Crippen LogP contribution in [-0.2, 0) is 7.05 Å². The topological polar surface area (TPSA) is 84.5 Å². The zero-order valence-electron chi connectivity index (χ0n) is 16.9. The van der Waals surface area contributed by atoms with Gasteiger partial charge in [0, 0.05) is 62.3 Å². The van der Waals surface area contributed by atoms with Gasteiger partial charge in [0.15, 0.2) is 0 Å². The van der Waals surface area contributed by atoms with E-state index in [1.54, 1.807) is 30.3 Å². The van der Waals surface area contributed by atoms with Crippen LogP contribution in [0.3, 0.4) is 0 Å². The van der Waals surface area contributed by atoms with Crippen LogP contribution in [0.5, 0.6) is 0 Å². The molecule has 3 aromatic rings. The Morgan fingerprint density at radius 1 is 1.00 bits per heavy atom. The summed E-state index contributed by atoms with van der Waals surface area (Å²) < 4.78 is 29.0. The van der Waals surface area contributed by atoms with E-state index in [9.17, 15) is 18.4 Å². The fourth-order valence-electron chi connectivity index (χ4n) is 3.70. The normalized spacial score (nSPS) is 14.0. The van der Waals surface area contributed by atoms with Gasteiger partial charge >= 0.3 is 0 Å². The molecule has 1 aliphatic rings. The van der Waals surface area contributed by atoms with Crippen molar-refractivity contribution in [2.75, 3.05) is 31.1 Å². The lowest BCUT2D eigenvalue weighted by Gasteiger charge is -2.36. The van der Waals surface area contributed by atoms with Crippen LogP contribution in [0.4, 0.5) is 14.5 Å². The van der Waals surface area contributed by atoms with E-state index >= 15 is 0 Å². The van der Waals surface area contributed by atoms with Crippen LogP contribution in [0.25, 0.3) is 11.3 Å². The number of primary amides is 1. The zero-order valence-corrected chi connectivity index (χ0v) is 16.9. The number of halogens is 2. The van der Waals surface area contributed by atoms with Gasteiger partial charge in [-0.3, -0.25) is 14.3 Å². The minimum absolute atomic E-state index is 0.0820. The first-order chi connectivity index (χ1) is 14.8. The van der Waals surface area contributed by atoms with E-state index in [0.717, 1.165) is 17.8 Å². The summed E-state index contributed by atoms with van der Waals surface area (Å²) in [5, 5.41) is 4.23. The van der Waals surface area contributed by atoms with Crippen LogP contribution in [0, 0.1) is 11.6 Å². The summed E-state index contributed by atoms with van der Waals surface area (Å²) in [4.78, 5) is 28.2. The van der Waals surface area contributed by atoms with Gasteiger partial charge in [0.25, 0.3) is 5.91 Å². The quantitative estimate of drug-likeness (QED) is 0.696. The van der Waals surface area contributed by atoms with Crippen molar-refractivity contribution in [1.29, 1.82) is 0 Å². The molecule has 0 spiro atoms. The monoisotopic (exact) mass is 425 g/mol. The van der Waals surface area contributed by atoms with E-state index in [0.29, 0.717) is 31.7 Å². The summed E-state index contributed by atoms with van der Waals surface area (Å²) in [5.74, 6) is -2.19. The predicted molar refractivity (Wildman–Crippen MR) is 112 cm³/mol. The third kappa shape index (κ3) is 4.11. The van der Waals surface area contributed by atoms with Crippen molar-refractivity contribution in [2.45, 2.75) is 0 Å². The number of hydrogen-bond acceptors (Lipinski definition) is 4. The van der Waals surface area contributed by atoms with Crippen molar-refractivity contribution in [3.05, 3.63) is 71.4 Å². The maximum atomic E-state index is 14.3. The third-order valence-electron chi connectivity index (χ3n) is 5.33. The Morgan fingerprint density at radius 3 is 2.29 bits per heavy atom. The van der Waals surface area contributed by atoms with Crippen molar-refractivity contribution in [3.8, 4) is 11.3 Å². The van der Waals surface area contributed by atoms with Crippen molar-refractivity contribution in [2.24, 2.45) is 12.8 Å². The molecule has 4 rings (SSSR count). The van der Waals surface area contributed by atoms with Gasteiger partial charge < -0.3 is 15.5 Å².